The number of thiocarbonyl (C=S) groups is 1. The summed E-state index contributed by atoms with van der Waals surface area (Å²) in [5.74, 6) is -0.288. The first-order chi connectivity index (χ1) is 7.90. The molecule has 94 valence electrons. The quantitative estimate of drug-likeness (QED) is 0.837. The summed E-state index contributed by atoms with van der Waals surface area (Å²) in [6, 6.07) is 4.61. The average Bonchev–Trinajstić information content (AvgIpc) is 2.21. The normalized spacial score (nSPS) is 11.2. The lowest BCUT2D eigenvalue weighted by Gasteiger charge is -2.26. The van der Waals surface area contributed by atoms with Gasteiger partial charge in [0.2, 0.25) is 0 Å². The molecule has 0 spiro atoms. The third-order valence-corrected chi connectivity index (χ3v) is 2.97. The summed E-state index contributed by atoms with van der Waals surface area (Å²) in [4.78, 5) is 2.47. The maximum Gasteiger partial charge on any atom is 0.123 e. The fourth-order valence-electron chi connectivity index (χ4n) is 1.50. The van der Waals surface area contributed by atoms with Crippen molar-refractivity contribution in [3.63, 3.8) is 0 Å². The smallest absolute Gasteiger partial charge is 0.123 e. The first kappa shape index (κ1) is 14.4. The largest absolute Gasteiger partial charge is 0.392 e. The van der Waals surface area contributed by atoms with Gasteiger partial charge >= 0.3 is 0 Å². The van der Waals surface area contributed by atoms with Crippen LogP contribution in [0.1, 0.15) is 19.4 Å². The molecule has 17 heavy (non-hydrogen) atoms. The summed E-state index contributed by atoms with van der Waals surface area (Å²) in [5, 5.41) is 0.556. The number of benzene rings is 1. The van der Waals surface area contributed by atoms with E-state index in [4.69, 9.17) is 29.6 Å². The molecule has 0 aliphatic carbocycles. The third-order valence-electron chi connectivity index (χ3n) is 2.47. The first-order valence-corrected chi connectivity index (χ1v) is 6.15. The highest BCUT2D eigenvalue weighted by Gasteiger charge is 2.13. The average molecular weight is 275 g/mol. The number of hydrogen-bond donors (Lipinski definition) is 1. The van der Waals surface area contributed by atoms with Crippen LogP contribution in [-0.2, 0) is 6.54 Å². The molecule has 0 aliphatic heterocycles. The lowest BCUT2D eigenvalue weighted by Crippen LogP contribution is -2.37. The summed E-state index contributed by atoms with van der Waals surface area (Å²) in [6.45, 7) is 5.10. The Balaban J connectivity index is 2.85. The number of nitrogens with two attached hydrogens (primary N) is 1. The topological polar surface area (TPSA) is 29.3 Å². The Morgan fingerprint density at radius 3 is 2.71 bits per heavy atom. The van der Waals surface area contributed by atoms with Crippen molar-refractivity contribution < 1.29 is 4.39 Å². The second kappa shape index (κ2) is 6.28. The Labute approximate surface area is 112 Å². The van der Waals surface area contributed by atoms with E-state index in [0.717, 1.165) is 5.56 Å². The van der Waals surface area contributed by atoms with Crippen molar-refractivity contribution in [1.82, 2.24) is 4.90 Å². The minimum atomic E-state index is -0.288. The fraction of sp³-hybridized carbons (Fsp3) is 0.417. The van der Waals surface area contributed by atoms with Gasteiger partial charge in [0.25, 0.3) is 0 Å². The Bertz CT molecular complexity index is 409. The molecule has 0 fully saturated rings. The van der Waals surface area contributed by atoms with E-state index in [1.165, 1.54) is 12.1 Å². The van der Waals surface area contributed by atoms with Gasteiger partial charge in [-0.05, 0) is 37.6 Å². The minimum absolute atomic E-state index is 0.260. The molecule has 0 amide bonds. The zero-order valence-corrected chi connectivity index (χ0v) is 11.5. The Hall–Kier alpha value is -0.710. The van der Waals surface area contributed by atoms with Gasteiger partial charge in [-0.25, -0.2) is 4.39 Å². The molecule has 0 heterocycles. The zero-order valence-electron chi connectivity index (χ0n) is 9.91. The van der Waals surface area contributed by atoms with Gasteiger partial charge in [0.05, 0.1) is 4.99 Å². The molecule has 0 aliphatic rings. The van der Waals surface area contributed by atoms with Crippen molar-refractivity contribution in [2.24, 2.45) is 5.73 Å². The Morgan fingerprint density at radius 1 is 1.53 bits per heavy atom. The molecular weight excluding hydrogens is 259 g/mol. The Kier molecular flexibility index (Phi) is 5.31. The summed E-state index contributed by atoms with van der Waals surface area (Å²) in [6.07, 6.45) is 0. The predicted molar refractivity (Wildman–Crippen MR) is 73.7 cm³/mol. The van der Waals surface area contributed by atoms with Crippen molar-refractivity contribution >= 4 is 28.8 Å². The van der Waals surface area contributed by atoms with E-state index >= 15 is 0 Å². The molecule has 0 atom stereocenters. The monoisotopic (exact) mass is 274 g/mol. The highest BCUT2D eigenvalue weighted by Crippen LogP contribution is 2.19. The molecule has 1 aromatic carbocycles. The van der Waals surface area contributed by atoms with E-state index in [-0.39, 0.29) is 11.9 Å². The van der Waals surface area contributed by atoms with Gasteiger partial charge in [-0.2, -0.15) is 0 Å². The van der Waals surface area contributed by atoms with Crippen molar-refractivity contribution in [1.29, 1.82) is 0 Å². The molecule has 1 aromatic rings. The highest BCUT2D eigenvalue weighted by atomic mass is 35.5. The molecule has 0 bridgehead atoms. The molecular formula is C12H16ClFN2S. The van der Waals surface area contributed by atoms with Gasteiger partial charge in [-0.15, -0.1) is 0 Å². The molecule has 0 aromatic heterocycles. The summed E-state index contributed by atoms with van der Waals surface area (Å²) in [7, 11) is 0. The van der Waals surface area contributed by atoms with E-state index in [9.17, 15) is 4.39 Å². The lowest BCUT2D eigenvalue weighted by atomic mass is 10.2. The molecule has 0 saturated carbocycles. The number of halogens is 2. The predicted octanol–water partition coefficient (Wildman–Crippen LogP) is 2.98. The summed E-state index contributed by atoms with van der Waals surface area (Å²) in [5.41, 5.74) is 6.28. The number of hydrogen-bond acceptors (Lipinski definition) is 2. The van der Waals surface area contributed by atoms with Crippen LogP contribution in [0.15, 0.2) is 18.2 Å². The number of nitrogens with zero attached hydrogens (tertiary/aromatic N) is 1. The fourth-order valence-corrected chi connectivity index (χ4v) is 1.85. The second-order valence-corrected chi connectivity index (χ2v) is 5.13. The van der Waals surface area contributed by atoms with Crippen LogP contribution >= 0.6 is 23.8 Å². The van der Waals surface area contributed by atoms with Crippen molar-refractivity contribution in [3.8, 4) is 0 Å². The van der Waals surface area contributed by atoms with Gasteiger partial charge in [-0.1, -0.05) is 23.8 Å². The van der Waals surface area contributed by atoms with Crippen molar-refractivity contribution in [2.45, 2.75) is 26.4 Å². The van der Waals surface area contributed by atoms with Crippen LogP contribution in [-0.4, -0.2) is 22.5 Å². The summed E-state index contributed by atoms with van der Waals surface area (Å²) < 4.78 is 13.1. The van der Waals surface area contributed by atoms with Gasteiger partial charge in [0.15, 0.2) is 0 Å². The molecule has 0 radical (unpaired) electrons. The molecule has 5 heteroatoms. The van der Waals surface area contributed by atoms with Gasteiger partial charge in [0, 0.05) is 24.2 Å². The van der Waals surface area contributed by atoms with Crippen LogP contribution in [0.3, 0.4) is 0 Å². The van der Waals surface area contributed by atoms with Crippen LogP contribution in [0.2, 0.25) is 5.02 Å². The van der Waals surface area contributed by atoms with Gasteiger partial charge in [-0.3, -0.25) is 4.90 Å². The van der Waals surface area contributed by atoms with Crippen LogP contribution in [0.25, 0.3) is 0 Å². The van der Waals surface area contributed by atoms with E-state index < -0.39 is 0 Å². The van der Waals surface area contributed by atoms with E-state index in [1.807, 2.05) is 18.7 Å². The SMILES string of the molecule is CC(C)N(CC(N)=S)Cc1cc(F)ccc1Cl. The van der Waals surface area contributed by atoms with Crippen LogP contribution in [0, 0.1) is 5.82 Å². The zero-order chi connectivity index (χ0) is 13.0. The van der Waals surface area contributed by atoms with Crippen LogP contribution < -0.4 is 5.73 Å². The van der Waals surface area contributed by atoms with Gasteiger partial charge < -0.3 is 5.73 Å². The maximum absolute atomic E-state index is 13.1. The van der Waals surface area contributed by atoms with E-state index in [2.05, 4.69) is 0 Å². The van der Waals surface area contributed by atoms with Crippen molar-refractivity contribution in [2.75, 3.05) is 6.54 Å². The lowest BCUT2D eigenvalue weighted by molar-refractivity contribution is 0.245. The first-order valence-electron chi connectivity index (χ1n) is 5.36. The minimum Gasteiger partial charge on any atom is -0.392 e. The molecule has 0 saturated heterocycles. The molecule has 0 unspecified atom stereocenters. The van der Waals surface area contributed by atoms with Gasteiger partial charge in [0.1, 0.15) is 5.82 Å². The maximum atomic E-state index is 13.1. The van der Waals surface area contributed by atoms with E-state index in [1.54, 1.807) is 6.07 Å². The van der Waals surface area contributed by atoms with E-state index in [0.29, 0.717) is 23.1 Å². The third kappa shape index (κ3) is 4.58. The highest BCUT2D eigenvalue weighted by molar-refractivity contribution is 7.80. The standard InChI is InChI=1S/C12H16ClFN2S/c1-8(2)16(7-12(15)17)6-9-5-10(14)3-4-11(9)13/h3-5,8H,6-7H2,1-2H3,(H2,15,17). The molecule has 1 rings (SSSR count). The summed E-state index contributed by atoms with van der Waals surface area (Å²) >= 11 is 10.9. The second-order valence-electron chi connectivity index (χ2n) is 4.20. The molecule has 2 nitrogen and oxygen atoms in total. The molecule has 2 N–H and O–H groups in total. The number of rotatable bonds is 5. The Morgan fingerprint density at radius 2 is 2.18 bits per heavy atom. The van der Waals surface area contributed by atoms with Crippen LogP contribution in [0.4, 0.5) is 4.39 Å². The van der Waals surface area contributed by atoms with Crippen molar-refractivity contribution in [3.05, 3.63) is 34.6 Å². The van der Waals surface area contributed by atoms with Crippen LogP contribution in [0.5, 0.6) is 0 Å².